The number of likely N-dealkylation sites (N-methyl/N-ethyl adjacent to an activating group) is 1. The van der Waals surface area contributed by atoms with Crippen molar-refractivity contribution in [2.75, 3.05) is 13.6 Å². The van der Waals surface area contributed by atoms with Gasteiger partial charge in [-0.15, -0.1) is 11.3 Å². The van der Waals surface area contributed by atoms with Crippen LogP contribution in [0, 0.1) is 0 Å². The van der Waals surface area contributed by atoms with Crippen molar-refractivity contribution in [1.29, 1.82) is 0 Å². The van der Waals surface area contributed by atoms with E-state index in [0.717, 1.165) is 23.4 Å². The Hall–Kier alpha value is -0.730. The first-order valence-corrected chi connectivity index (χ1v) is 10.0. The molecule has 1 atom stereocenters. The van der Waals surface area contributed by atoms with Crippen molar-refractivity contribution in [3.63, 3.8) is 0 Å². The molecule has 0 aliphatic heterocycles. The smallest absolute Gasteiger partial charge is 0.250 e. The summed E-state index contributed by atoms with van der Waals surface area (Å²) in [5.41, 5.74) is 1.16. The highest BCUT2D eigenvalue weighted by Crippen LogP contribution is 2.22. The standard InChI is InChI=1S/C14H20N2O2S3/c1-11(9-12-6-8-19-10-12)16-21(17,18)14-4-3-13(20-14)5-7-15-2/h3-4,6,8,10-11,15-16H,5,7,9H2,1-2H3. The summed E-state index contributed by atoms with van der Waals surface area (Å²) < 4.78 is 27.8. The van der Waals surface area contributed by atoms with Gasteiger partial charge in [0, 0.05) is 10.9 Å². The van der Waals surface area contributed by atoms with E-state index >= 15 is 0 Å². The third-order valence-electron chi connectivity index (χ3n) is 3.00. The predicted octanol–water partition coefficient (Wildman–Crippen LogP) is 2.48. The molecule has 0 fully saturated rings. The Morgan fingerprint density at radius 2 is 2.10 bits per heavy atom. The molecule has 2 rings (SSSR count). The van der Waals surface area contributed by atoms with E-state index in [9.17, 15) is 8.42 Å². The lowest BCUT2D eigenvalue weighted by Gasteiger charge is -2.12. The summed E-state index contributed by atoms with van der Waals surface area (Å²) in [5, 5.41) is 7.11. The quantitative estimate of drug-likeness (QED) is 0.773. The normalized spacial score (nSPS) is 13.4. The minimum Gasteiger partial charge on any atom is -0.319 e. The van der Waals surface area contributed by atoms with E-state index in [1.54, 1.807) is 17.4 Å². The van der Waals surface area contributed by atoms with Crippen LogP contribution < -0.4 is 10.0 Å². The van der Waals surface area contributed by atoms with E-state index in [4.69, 9.17) is 0 Å². The van der Waals surface area contributed by atoms with Gasteiger partial charge in [0.05, 0.1) is 0 Å². The summed E-state index contributed by atoms with van der Waals surface area (Å²) >= 11 is 2.97. The topological polar surface area (TPSA) is 58.2 Å². The van der Waals surface area contributed by atoms with Crippen LogP contribution in [0.5, 0.6) is 0 Å². The first kappa shape index (κ1) is 16.6. The second-order valence-corrected chi connectivity index (χ2v) is 8.82. The maximum absolute atomic E-state index is 12.3. The molecule has 1 unspecified atom stereocenters. The van der Waals surface area contributed by atoms with Crippen molar-refractivity contribution in [2.24, 2.45) is 0 Å². The Morgan fingerprint density at radius 3 is 2.76 bits per heavy atom. The lowest BCUT2D eigenvalue weighted by molar-refractivity contribution is 0.562. The van der Waals surface area contributed by atoms with Gasteiger partial charge in [0.15, 0.2) is 0 Å². The van der Waals surface area contributed by atoms with Crippen molar-refractivity contribution in [1.82, 2.24) is 10.0 Å². The summed E-state index contributed by atoms with van der Waals surface area (Å²) in [6.45, 7) is 2.74. The number of rotatable bonds is 8. The first-order chi connectivity index (χ1) is 10.0. The average molecular weight is 345 g/mol. The van der Waals surface area contributed by atoms with Gasteiger partial charge in [-0.2, -0.15) is 11.3 Å². The van der Waals surface area contributed by atoms with Crippen LogP contribution in [0.2, 0.25) is 0 Å². The maximum Gasteiger partial charge on any atom is 0.250 e. The molecule has 4 nitrogen and oxygen atoms in total. The number of thiophene rings is 2. The molecule has 0 saturated carbocycles. The van der Waals surface area contributed by atoms with Gasteiger partial charge in [0.25, 0.3) is 0 Å². The molecule has 7 heteroatoms. The van der Waals surface area contributed by atoms with E-state index in [1.165, 1.54) is 11.3 Å². The van der Waals surface area contributed by atoms with Crippen molar-refractivity contribution >= 4 is 32.7 Å². The minimum absolute atomic E-state index is 0.118. The fourth-order valence-electron chi connectivity index (χ4n) is 2.01. The Labute approximate surface area is 134 Å². The van der Waals surface area contributed by atoms with Crippen LogP contribution in [0.1, 0.15) is 17.4 Å². The molecular weight excluding hydrogens is 324 g/mol. The molecule has 2 aromatic rings. The molecule has 0 aromatic carbocycles. The van der Waals surface area contributed by atoms with Crippen molar-refractivity contribution < 1.29 is 8.42 Å². The summed E-state index contributed by atoms with van der Waals surface area (Å²) in [7, 11) is -1.53. The Balaban J connectivity index is 1.98. The van der Waals surface area contributed by atoms with Crippen LogP contribution in [-0.4, -0.2) is 28.1 Å². The van der Waals surface area contributed by atoms with Crippen LogP contribution in [0.15, 0.2) is 33.2 Å². The van der Waals surface area contributed by atoms with E-state index in [-0.39, 0.29) is 6.04 Å². The van der Waals surface area contributed by atoms with E-state index in [1.807, 2.05) is 36.9 Å². The third-order valence-corrected chi connectivity index (χ3v) is 6.96. The van der Waals surface area contributed by atoms with Crippen molar-refractivity contribution in [3.05, 3.63) is 39.4 Å². The second-order valence-electron chi connectivity index (χ2n) is 4.93. The van der Waals surface area contributed by atoms with Gasteiger partial charge in [-0.1, -0.05) is 0 Å². The molecule has 2 N–H and O–H groups in total. The van der Waals surface area contributed by atoms with Crippen LogP contribution >= 0.6 is 22.7 Å². The molecule has 0 aliphatic carbocycles. The van der Waals surface area contributed by atoms with Crippen LogP contribution in [0.4, 0.5) is 0 Å². The second kappa shape index (κ2) is 7.51. The van der Waals surface area contributed by atoms with Crippen molar-refractivity contribution in [2.45, 2.75) is 30.0 Å². The molecule has 0 bridgehead atoms. The number of hydrogen-bond acceptors (Lipinski definition) is 5. The molecule has 21 heavy (non-hydrogen) atoms. The molecule has 2 aromatic heterocycles. The molecule has 0 amide bonds. The largest absolute Gasteiger partial charge is 0.319 e. The Kier molecular flexibility index (Phi) is 5.95. The maximum atomic E-state index is 12.3. The average Bonchev–Trinajstić information content (AvgIpc) is 3.06. The Bertz CT molecular complexity index is 648. The SMILES string of the molecule is CNCCc1ccc(S(=O)(=O)NC(C)Cc2ccsc2)s1. The third kappa shape index (κ3) is 4.89. The molecule has 0 spiro atoms. The van der Waals surface area contributed by atoms with Crippen LogP contribution in [-0.2, 0) is 22.9 Å². The first-order valence-electron chi connectivity index (χ1n) is 6.78. The zero-order valence-electron chi connectivity index (χ0n) is 12.1. The van der Waals surface area contributed by atoms with Crippen molar-refractivity contribution in [3.8, 4) is 0 Å². The molecular formula is C14H20N2O2S3. The fourth-order valence-corrected chi connectivity index (χ4v) is 5.31. The summed E-state index contributed by atoms with van der Waals surface area (Å²) in [4.78, 5) is 1.08. The van der Waals surface area contributed by atoms with Gasteiger partial charge in [-0.05, 0) is 67.9 Å². The molecule has 2 heterocycles. The lowest BCUT2D eigenvalue weighted by Crippen LogP contribution is -2.33. The van der Waals surface area contributed by atoms with Gasteiger partial charge in [0.1, 0.15) is 4.21 Å². The monoisotopic (exact) mass is 344 g/mol. The fraction of sp³-hybridized carbons (Fsp3) is 0.429. The highest BCUT2D eigenvalue weighted by Gasteiger charge is 2.19. The van der Waals surface area contributed by atoms with Gasteiger partial charge in [-0.3, -0.25) is 0 Å². The van der Waals surface area contributed by atoms with Crippen LogP contribution in [0.3, 0.4) is 0 Å². The molecule has 0 saturated heterocycles. The zero-order chi connectivity index (χ0) is 15.3. The number of nitrogens with one attached hydrogen (secondary N) is 2. The van der Waals surface area contributed by atoms with E-state index in [0.29, 0.717) is 10.6 Å². The van der Waals surface area contributed by atoms with Gasteiger partial charge in [0.2, 0.25) is 10.0 Å². The molecule has 0 aliphatic rings. The van der Waals surface area contributed by atoms with Gasteiger partial charge in [-0.25, -0.2) is 13.1 Å². The Morgan fingerprint density at radius 1 is 1.29 bits per heavy atom. The summed E-state index contributed by atoms with van der Waals surface area (Å²) in [6, 6.07) is 5.48. The van der Waals surface area contributed by atoms with E-state index in [2.05, 4.69) is 10.0 Å². The number of hydrogen-bond donors (Lipinski definition) is 2. The number of sulfonamides is 1. The van der Waals surface area contributed by atoms with Gasteiger partial charge >= 0.3 is 0 Å². The summed E-state index contributed by atoms with van der Waals surface area (Å²) in [5.74, 6) is 0. The predicted molar refractivity (Wildman–Crippen MR) is 89.8 cm³/mol. The van der Waals surface area contributed by atoms with Gasteiger partial charge < -0.3 is 5.32 Å². The molecule has 116 valence electrons. The highest BCUT2D eigenvalue weighted by atomic mass is 32.2. The van der Waals surface area contributed by atoms with Crippen LogP contribution in [0.25, 0.3) is 0 Å². The molecule has 0 radical (unpaired) electrons. The minimum atomic E-state index is -3.42. The summed E-state index contributed by atoms with van der Waals surface area (Å²) in [6.07, 6.45) is 1.56. The highest BCUT2D eigenvalue weighted by molar-refractivity contribution is 7.91. The zero-order valence-corrected chi connectivity index (χ0v) is 14.6. The lowest BCUT2D eigenvalue weighted by atomic mass is 10.1. The van der Waals surface area contributed by atoms with E-state index < -0.39 is 10.0 Å².